The fourth-order valence-electron chi connectivity index (χ4n) is 4.98. The Hall–Kier alpha value is -4.43. The molecule has 0 aliphatic carbocycles. The van der Waals surface area contributed by atoms with Crippen LogP contribution in [0.25, 0.3) is 23.0 Å². The van der Waals surface area contributed by atoms with Gasteiger partial charge in [0.25, 0.3) is 5.56 Å². The number of esters is 1. The average molecular weight is 646 g/mol. The maximum Gasteiger partial charge on any atom is 0.338 e. The van der Waals surface area contributed by atoms with Crippen molar-refractivity contribution in [1.29, 1.82) is 0 Å². The first-order chi connectivity index (χ1) is 21.1. The number of para-hydroxylation sites is 1. The Morgan fingerprint density at radius 2 is 1.77 bits per heavy atom. The minimum absolute atomic E-state index is 0.161. The summed E-state index contributed by atoms with van der Waals surface area (Å²) in [7, 11) is 0.670. The van der Waals surface area contributed by atoms with Crippen LogP contribution in [0.1, 0.15) is 23.4 Å². The molecule has 0 bridgehead atoms. The summed E-state index contributed by atoms with van der Waals surface area (Å²) >= 11 is 2.67. The summed E-state index contributed by atoms with van der Waals surface area (Å²) in [6.07, 6.45) is 3.59. The topological polar surface area (TPSA) is 116 Å². The number of allylic oxidation sites excluding steroid dienone is 1. The first-order valence-electron chi connectivity index (χ1n) is 13.4. The molecule has 1 atom stereocenters. The molecule has 0 radical (unpaired) electrons. The van der Waals surface area contributed by atoms with E-state index in [9.17, 15) is 18.0 Å². The van der Waals surface area contributed by atoms with Crippen molar-refractivity contribution in [2.75, 3.05) is 21.2 Å². The lowest BCUT2D eigenvalue weighted by Gasteiger charge is -2.22. The highest BCUT2D eigenvalue weighted by Gasteiger charge is 2.33. The van der Waals surface area contributed by atoms with Gasteiger partial charge in [0.1, 0.15) is 6.04 Å². The van der Waals surface area contributed by atoms with E-state index in [2.05, 4.69) is 4.99 Å². The molecule has 3 aromatic heterocycles. The molecule has 0 N–H and O–H groups in total. The second kappa shape index (κ2) is 11.6. The molecular formula is C31H27N5O5S3. The molecule has 6 rings (SSSR count). The number of fused-ring (bicyclic) bond motifs is 1. The van der Waals surface area contributed by atoms with Crippen LogP contribution in [0.4, 0.5) is 0 Å². The number of ether oxygens (including phenoxy) is 1. The number of methoxy groups -OCH3 is 1. The third-order valence-corrected chi connectivity index (χ3v) is 10.9. The monoisotopic (exact) mass is 645 g/mol. The first-order valence-corrected chi connectivity index (χ1v) is 16.6. The van der Waals surface area contributed by atoms with Crippen molar-refractivity contribution >= 4 is 44.7 Å². The van der Waals surface area contributed by atoms with Gasteiger partial charge in [-0.2, -0.15) is 5.10 Å². The van der Waals surface area contributed by atoms with E-state index >= 15 is 0 Å². The highest BCUT2D eigenvalue weighted by atomic mass is 32.2. The lowest BCUT2D eigenvalue weighted by atomic mass is 10.0. The maximum absolute atomic E-state index is 14.0. The maximum atomic E-state index is 14.0. The molecule has 224 valence electrons. The summed E-state index contributed by atoms with van der Waals surface area (Å²) < 4.78 is 35.2. The van der Waals surface area contributed by atoms with Crippen molar-refractivity contribution in [1.82, 2.24) is 18.7 Å². The van der Waals surface area contributed by atoms with Crippen LogP contribution in [-0.2, 0) is 19.6 Å². The Bertz CT molecular complexity index is 2190. The number of benzene rings is 2. The molecule has 1 aliphatic heterocycles. The van der Waals surface area contributed by atoms with Crippen molar-refractivity contribution in [2.24, 2.45) is 4.99 Å². The van der Waals surface area contributed by atoms with Gasteiger partial charge in [-0.3, -0.25) is 9.36 Å². The number of thiophene rings is 1. The van der Waals surface area contributed by atoms with E-state index in [4.69, 9.17) is 9.84 Å². The Morgan fingerprint density at radius 3 is 2.41 bits per heavy atom. The molecule has 1 unspecified atom stereocenters. The molecule has 13 heteroatoms. The van der Waals surface area contributed by atoms with E-state index in [0.717, 1.165) is 14.9 Å². The predicted octanol–water partition coefficient (Wildman–Crippen LogP) is 3.57. The van der Waals surface area contributed by atoms with Gasteiger partial charge in [0.05, 0.1) is 39.2 Å². The molecule has 0 saturated heterocycles. The molecule has 0 saturated carbocycles. The summed E-state index contributed by atoms with van der Waals surface area (Å²) in [5.41, 5.74) is 3.22. The minimum Gasteiger partial charge on any atom is -0.466 e. The lowest BCUT2D eigenvalue weighted by Crippen LogP contribution is -2.39. The van der Waals surface area contributed by atoms with Crippen LogP contribution < -0.4 is 14.9 Å². The molecule has 0 amide bonds. The number of carbonyl (C=O) groups excluding carboxylic acids is 1. The van der Waals surface area contributed by atoms with Crippen LogP contribution in [-0.4, -0.2) is 54.2 Å². The molecule has 2 aromatic carbocycles. The van der Waals surface area contributed by atoms with Gasteiger partial charge in [-0.15, -0.1) is 11.3 Å². The van der Waals surface area contributed by atoms with E-state index in [-0.39, 0.29) is 10.5 Å². The summed E-state index contributed by atoms with van der Waals surface area (Å²) in [6, 6.07) is 19.1. The van der Waals surface area contributed by atoms with Crippen molar-refractivity contribution in [3.8, 4) is 16.9 Å². The highest BCUT2D eigenvalue weighted by Crippen LogP contribution is 2.33. The second-order valence-electron chi connectivity index (χ2n) is 10.1. The molecule has 10 nitrogen and oxygen atoms in total. The second-order valence-corrected chi connectivity index (χ2v) is 14.3. The fraction of sp³-hybridized carbons (Fsp3) is 0.161. The zero-order chi connectivity index (χ0) is 31.2. The van der Waals surface area contributed by atoms with Gasteiger partial charge in [-0.05, 0) is 48.7 Å². The van der Waals surface area contributed by atoms with Gasteiger partial charge in [0.15, 0.2) is 4.80 Å². The van der Waals surface area contributed by atoms with Gasteiger partial charge >= 0.3 is 5.97 Å². The summed E-state index contributed by atoms with van der Waals surface area (Å²) in [6.45, 7) is 1.74. The van der Waals surface area contributed by atoms with E-state index in [0.29, 0.717) is 37.4 Å². The van der Waals surface area contributed by atoms with Gasteiger partial charge in [-0.1, -0.05) is 47.7 Å². The number of thiazole rings is 1. The Labute approximate surface area is 261 Å². The number of sulfonamides is 1. The Kier molecular flexibility index (Phi) is 7.80. The van der Waals surface area contributed by atoms with Crippen LogP contribution >= 0.6 is 22.7 Å². The molecule has 44 heavy (non-hydrogen) atoms. The zero-order valence-electron chi connectivity index (χ0n) is 24.2. The van der Waals surface area contributed by atoms with Crippen molar-refractivity contribution in [3.05, 3.63) is 120 Å². The average Bonchev–Trinajstić information content (AvgIpc) is 3.77. The van der Waals surface area contributed by atoms with Crippen LogP contribution in [0.3, 0.4) is 0 Å². The van der Waals surface area contributed by atoms with Crippen LogP contribution in [0, 0.1) is 0 Å². The Balaban J connectivity index is 1.54. The van der Waals surface area contributed by atoms with Crippen LogP contribution in [0.2, 0.25) is 0 Å². The highest BCUT2D eigenvalue weighted by molar-refractivity contribution is 7.89. The van der Waals surface area contributed by atoms with Crippen LogP contribution in [0.5, 0.6) is 0 Å². The Morgan fingerprint density at radius 1 is 1.05 bits per heavy atom. The largest absolute Gasteiger partial charge is 0.466 e. The summed E-state index contributed by atoms with van der Waals surface area (Å²) in [5.74, 6) is -0.537. The standard InChI is InChI=1S/C31H27N5O5S3/c1-19-26(30(38)41-4)28(24-11-8-16-42-24)36-29(37)25(43-31(36)32-19)17-21-18-35(22-9-6-5-7-10-22)33-27(21)20-12-14-23(15-13-20)44(39,40)34(2)3/h5-18,28H,1-4H3. The third kappa shape index (κ3) is 5.17. The fourth-order valence-corrected chi connectivity index (χ4v) is 7.74. The normalized spacial score (nSPS) is 15.4. The summed E-state index contributed by atoms with van der Waals surface area (Å²) in [5, 5.41) is 6.73. The van der Waals surface area contributed by atoms with Crippen molar-refractivity contribution < 1.29 is 17.9 Å². The van der Waals surface area contributed by atoms with Gasteiger partial charge in [-0.25, -0.2) is 27.2 Å². The molecule has 4 heterocycles. The number of hydrogen-bond donors (Lipinski definition) is 0. The SMILES string of the molecule is COC(=O)C1=C(C)N=c2sc(=Cc3cn(-c4ccccc4)nc3-c3ccc(S(=O)(=O)N(C)C)cc3)c(=O)n2C1c1cccs1. The molecular weight excluding hydrogens is 619 g/mol. The zero-order valence-corrected chi connectivity index (χ0v) is 26.6. The lowest BCUT2D eigenvalue weighted by molar-refractivity contribution is -0.136. The van der Waals surface area contributed by atoms with E-state index in [1.165, 1.54) is 43.9 Å². The first kappa shape index (κ1) is 29.6. The number of hydrogen-bond acceptors (Lipinski definition) is 9. The van der Waals surface area contributed by atoms with Crippen LogP contribution in [0.15, 0.2) is 104 Å². The van der Waals surface area contributed by atoms with Crippen molar-refractivity contribution in [2.45, 2.75) is 17.9 Å². The molecule has 0 spiro atoms. The number of rotatable bonds is 7. The molecule has 5 aromatic rings. The number of carbonyl (C=O) groups is 1. The number of nitrogens with zero attached hydrogens (tertiary/aromatic N) is 5. The van der Waals surface area contributed by atoms with E-state index in [1.807, 2.05) is 54.0 Å². The third-order valence-electron chi connectivity index (χ3n) is 7.20. The number of aromatic nitrogens is 3. The van der Waals surface area contributed by atoms with E-state index < -0.39 is 22.0 Å². The van der Waals surface area contributed by atoms with Crippen molar-refractivity contribution in [3.63, 3.8) is 0 Å². The minimum atomic E-state index is -3.61. The smallest absolute Gasteiger partial charge is 0.338 e. The predicted molar refractivity (Wildman–Crippen MR) is 170 cm³/mol. The molecule has 0 fully saturated rings. The van der Waals surface area contributed by atoms with Gasteiger partial charge in [0.2, 0.25) is 10.0 Å². The quantitative estimate of drug-likeness (QED) is 0.250. The van der Waals surface area contributed by atoms with Gasteiger partial charge in [0, 0.05) is 36.3 Å². The summed E-state index contributed by atoms with van der Waals surface area (Å²) in [4.78, 5) is 33.0. The van der Waals surface area contributed by atoms with Gasteiger partial charge < -0.3 is 4.74 Å². The van der Waals surface area contributed by atoms with E-state index in [1.54, 1.807) is 46.5 Å². The molecule has 1 aliphatic rings.